The van der Waals surface area contributed by atoms with Crippen molar-refractivity contribution in [1.29, 1.82) is 0 Å². The Morgan fingerprint density at radius 1 is 0.697 bits per heavy atom. The molecule has 352 valence electrons. The zero-order valence-corrected chi connectivity index (χ0v) is 39.2. The summed E-state index contributed by atoms with van der Waals surface area (Å²) in [6, 6.07) is 40.3. The van der Waals surface area contributed by atoms with Crippen LogP contribution in [0.15, 0.2) is 128 Å². The Bertz CT molecular complexity index is 2060. The summed E-state index contributed by atoms with van der Waals surface area (Å²) in [6.07, 6.45) is 10.8. The number of carbonyl (C=O) groups excluding carboxylic acids is 1. The molecule has 1 aliphatic rings. The molecule has 0 saturated carbocycles. The van der Waals surface area contributed by atoms with Crippen LogP contribution in [-0.2, 0) is 35.4 Å². The van der Waals surface area contributed by atoms with Crippen LogP contribution in [-0.4, -0.2) is 124 Å². The van der Waals surface area contributed by atoms with E-state index in [1.165, 1.54) is 59.3 Å². The highest BCUT2D eigenvalue weighted by atomic mass is 32.1. The number of hydrogen-bond donors (Lipinski definition) is 5. The normalized spacial score (nSPS) is 15.1. The monoisotopic (exact) mass is 940 g/mol. The summed E-state index contributed by atoms with van der Waals surface area (Å²) in [7, 11) is -1.78. The van der Waals surface area contributed by atoms with Crippen LogP contribution in [0.25, 0.3) is 0 Å². The van der Waals surface area contributed by atoms with Gasteiger partial charge in [-0.15, -0.1) is 0 Å². The van der Waals surface area contributed by atoms with Crippen LogP contribution >= 0.6 is 19.5 Å². The highest BCUT2D eigenvalue weighted by Gasteiger charge is 2.44. The van der Waals surface area contributed by atoms with E-state index in [-0.39, 0.29) is 32.1 Å². The van der Waals surface area contributed by atoms with Gasteiger partial charge in [-0.2, -0.15) is 0 Å². The third kappa shape index (κ3) is 16.9. The Morgan fingerprint density at radius 3 is 1.73 bits per heavy atom. The molecule has 0 radical (unpaired) electrons. The number of thiocarbonyl (C=S) groups is 1. The van der Waals surface area contributed by atoms with Crippen molar-refractivity contribution >= 4 is 70.1 Å². The fourth-order valence-electron chi connectivity index (χ4n) is 8.45. The van der Waals surface area contributed by atoms with Crippen LogP contribution in [0.5, 0.6) is 0 Å². The van der Waals surface area contributed by atoms with Crippen molar-refractivity contribution < 1.29 is 44.3 Å². The minimum Gasteiger partial charge on any atom is -0.480 e. The maximum absolute atomic E-state index is 12.6. The number of rotatable bonds is 25. The van der Waals surface area contributed by atoms with Crippen molar-refractivity contribution in [2.45, 2.75) is 63.8 Å². The van der Waals surface area contributed by atoms with E-state index in [0.29, 0.717) is 11.5 Å². The van der Waals surface area contributed by atoms with Gasteiger partial charge >= 0.3 is 23.9 Å². The molecule has 5 N–H and O–H groups in total. The lowest BCUT2D eigenvalue weighted by Gasteiger charge is -2.37. The van der Waals surface area contributed by atoms with Crippen LogP contribution in [0, 0.1) is 0 Å². The van der Waals surface area contributed by atoms with Gasteiger partial charge in [-0.05, 0) is 92.0 Å². The number of carboxylic acid groups (broad SMARTS) is 3. The van der Waals surface area contributed by atoms with Crippen molar-refractivity contribution in [1.82, 2.24) is 20.0 Å². The smallest absolute Gasteiger partial charge is 0.369 e. The molecule has 1 atom stereocenters. The second kappa shape index (κ2) is 27.1. The van der Waals surface area contributed by atoms with Crippen molar-refractivity contribution in [3.63, 3.8) is 0 Å². The van der Waals surface area contributed by atoms with E-state index in [4.69, 9.17) is 22.0 Å². The van der Waals surface area contributed by atoms with Gasteiger partial charge < -0.3 is 26.0 Å². The predicted molar refractivity (Wildman–Crippen MR) is 264 cm³/mol. The Kier molecular flexibility index (Phi) is 21.0. The van der Waals surface area contributed by atoms with Gasteiger partial charge in [-0.3, -0.25) is 34.0 Å². The summed E-state index contributed by atoms with van der Waals surface area (Å²) < 4.78 is 0. The van der Waals surface area contributed by atoms with Gasteiger partial charge in [0, 0.05) is 24.8 Å². The molecule has 4 aromatic rings. The number of anilines is 1. The zero-order valence-electron chi connectivity index (χ0n) is 37.5. The summed E-state index contributed by atoms with van der Waals surface area (Å²) in [4.78, 5) is 61.7. The van der Waals surface area contributed by atoms with E-state index in [1.54, 1.807) is 4.90 Å². The number of benzene rings is 4. The van der Waals surface area contributed by atoms with Gasteiger partial charge in [0.1, 0.15) is 29.7 Å². The van der Waals surface area contributed by atoms with E-state index in [9.17, 15) is 34.5 Å². The van der Waals surface area contributed by atoms with Crippen LogP contribution in [0.4, 0.5) is 5.69 Å². The maximum Gasteiger partial charge on any atom is 0.369 e. The largest absolute Gasteiger partial charge is 0.480 e. The lowest BCUT2D eigenvalue weighted by Crippen LogP contribution is -2.53. The summed E-state index contributed by atoms with van der Waals surface area (Å²) in [5, 5.41) is 39.9. The highest BCUT2D eigenvalue weighted by Crippen LogP contribution is 2.56. The molecular formula is C50H63N5O9PS+. The maximum atomic E-state index is 12.6. The number of hydrogen-bond acceptors (Lipinski definition) is 10. The lowest BCUT2D eigenvalue weighted by molar-refractivity contribution is -0.251. The van der Waals surface area contributed by atoms with Crippen LogP contribution < -0.4 is 26.5 Å². The first-order chi connectivity index (χ1) is 31.9. The molecule has 1 aliphatic heterocycles. The first-order valence-electron chi connectivity index (χ1n) is 22.5. The van der Waals surface area contributed by atoms with E-state index in [0.717, 1.165) is 41.7 Å². The number of nitrogens with one attached hydrogen (secondary N) is 2. The van der Waals surface area contributed by atoms with Gasteiger partial charge in [-0.1, -0.05) is 105 Å². The number of unbranched alkanes of at least 4 members (excludes halogenated alkanes) is 7. The minimum atomic E-state index is -1.78. The number of carbonyl (C=O) groups is 4. The SMILES string of the molecule is C=C1CN(CC(=O)O)C(Cc2ccc(NC(=S)NCCCCCCCCCC[P+](c3ccccc3)(c3ccccc3)c3ccccc3)cc2)CN(CN(CC(=O)O)CC(=O)O)CC(=O)OO1. The average Bonchev–Trinajstić information content (AvgIpc) is 3.29. The zero-order chi connectivity index (χ0) is 47.2. The van der Waals surface area contributed by atoms with Crippen LogP contribution in [0.3, 0.4) is 0 Å². The number of aliphatic carboxylic acids is 3. The predicted octanol–water partition coefficient (Wildman–Crippen LogP) is 6.12. The van der Waals surface area contributed by atoms with Crippen molar-refractivity contribution in [2.24, 2.45) is 0 Å². The topological polar surface area (TPSA) is 181 Å². The van der Waals surface area contributed by atoms with E-state index in [1.807, 2.05) is 24.3 Å². The molecular weight excluding hydrogens is 878 g/mol. The molecule has 4 aromatic carbocycles. The molecule has 1 fully saturated rings. The molecule has 1 heterocycles. The first kappa shape index (κ1) is 51.3. The fourth-order valence-corrected chi connectivity index (χ4v) is 13.1. The molecule has 0 amide bonds. The molecule has 66 heavy (non-hydrogen) atoms. The molecule has 0 aromatic heterocycles. The second-order valence-corrected chi connectivity index (χ2v) is 20.6. The van der Waals surface area contributed by atoms with Gasteiger partial charge in [-0.25, -0.2) is 9.68 Å². The van der Waals surface area contributed by atoms with E-state index in [2.05, 4.69) is 108 Å². The molecule has 1 unspecified atom stereocenters. The van der Waals surface area contributed by atoms with Gasteiger partial charge in [0.25, 0.3) is 0 Å². The average molecular weight is 941 g/mol. The van der Waals surface area contributed by atoms with Gasteiger partial charge in [0.2, 0.25) is 0 Å². The van der Waals surface area contributed by atoms with Gasteiger partial charge in [0.05, 0.1) is 39.0 Å². The first-order valence-corrected chi connectivity index (χ1v) is 24.9. The summed E-state index contributed by atoms with van der Waals surface area (Å²) in [5.41, 5.74) is 1.62. The van der Waals surface area contributed by atoms with Crippen LogP contribution in [0.2, 0.25) is 0 Å². The highest BCUT2D eigenvalue weighted by molar-refractivity contribution is 7.95. The molecule has 14 nitrogen and oxygen atoms in total. The molecule has 16 heteroatoms. The van der Waals surface area contributed by atoms with Crippen molar-refractivity contribution in [2.75, 3.05) is 64.0 Å². The minimum absolute atomic E-state index is 0.0266. The lowest BCUT2D eigenvalue weighted by atomic mass is 10.0. The Morgan fingerprint density at radius 2 is 1.21 bits per heavy atom. The van der Waals surface area contributed by atoms with Crippen molar-refractivity contribution in [3.8, 4) is 0 Å². The summed E-state index contributed by atoms with van der Waals surface area (Å²) in [6.45, 7) is 2.33. The van der Waals surface area contributed by atoms with E-state index < -0.39 is 56.8 Å². The molecule has 0 spiro atoms. The fraction of sp³-hybridized carbons (Fsp3) is 0.380. The van der Waals surface area contributed by atoms with Gasteiger partial charge in [0.15, 0.2) is 10.9 Å². The number of carboxylic acids is 3. The van der Waals surface area contributed by atoms with Crippen molar-refractivity contribution in [3.05, 3.63) is 133 Å². The standard InChI is InChI=1S/C50H62N5O9PS/c1-39-32-55(36-48(60)61)42(33-53(37-49(62)64-63-39)38-54(34-46(56)57)35-47(58)59)31-40-25-27-41(28-26-40)52-50(66)51-29-17-6-4-2-3-5-7-18-30-65(43-19-11-8-12-20-43,44-21-13-9-14-22-44)45-23-15-10-16-24-45/h8-16,19-28,42H,1-7,17-18,29-38H2,(H4-,51,52,56,57,58,59,60,61,66)/p+1. The third-order valence-corrected chi connectivity index (χ3v) is 16.2. The molecule has 1 saturated heterocycles. The summed E-state index contributed by atoms with van der Waals surface area (Å²) >= 11 is 5.58. The Labute approximate surface area is 393 Å². The van der Waals surface area contributed by atoms with E-state index >= 15 is 0 Å². The molecule has 0 aliphatic carbocycles. The molecule has 5 rings (SSSR count). The third-order valence-electron chi connectivity index (χ3n) is 11.4. The molecule has 0 bridgehead atoms. The quantitative estimate of drug-likeness (QED) is 0.0222. The Hall–Kier alpha value is -5.70. The summed E-state index contributed by atoms with van der Waals surface area (Å²) in [5.74, 6) is -4.38. The second-order valence-electron chi connectivity index (χ2n) is 16.6. The Balaban J connectivity index is 1.06. The number of nitrogens with zero attached hydrogens (tertiary/aromatic N) is 3. The van der Waals surface area contributed by atoms with Crippen LogP contribution in [0.1, 0.15) is 56.9 Å².